The number of nitrogens with zero attached hydrogens (tertiary/aromatic N) is 1. The van der Waals surface area contributed by atoms with Gasteiger partial charge in [0.1, 0.15) is 10.6 Å². The third kappa shape index (κ3) is 4.41. The van der Waals surface area contributed by atoms with Crippen LogP contribution in [0.2, 0.25) is 0 Å². The van der Waals surface area contributed by atoms with Gasteiger partial charge in [-0.05, 0) is 18.2 Å². The lowest BCUT2D eigenvalue weighted by Crippen LogP contribution is -2.17. The lowest BCUT2D eigenvalue weighted by molar-refractivity contribution is -0.384. The SMILES string of the molecule is O=C(O)CS(=O)(=O)c1cc(NS(=O)(=O)c2ccc([N+](=O)[O-])cc2)c2ccccc2c1O. The van der Waals surface area contributed by atoms with Gasteiger partial charge in [-0.1, -0.05) is 24.3 Å². The van der Waals surface area contributed by atoms with Crippen LogP contribution in [-0.4, -0.2) is 43.7 Å². The minimum absolute atomic E-state index is 0.0182. The Morgan fingerprint density at radius 3 is 2.13 bits per heavy atom. The molecule has 31 heavy (non-hydrogen) atoms. The first-order valence-electron chi connectivity index (χ1n) is 8.39. The van der Waals surface area contributed by atoms with Crippen LogP contribution in [0, 0.1) is 10.1 Å². The maximum absolute atomic E-state index is 12.8. The number of carboxylic acid groups (broad SMARTS) is 1. The fraction of sp³-hybridized carbons (Fsp3) is 0.0556. The van der Waals surface area contributed by atoms with E-state index in [1.165, 1.54) is 24.3 Å². The lowest BCUT2D eigenvalue weighted by Gasteiger charge is -2.15. The molecule has 162 valence electrons. The number of rotatable bonds is 7. The van der Waals surface area contributed by atoms with Crippen LogP contribution in [0.15, 0.2) is 64.4 Å². The van der Waals surface area contributed by atoms with Gasteiger partial charge in [-0.3, -0.25) is 19.6 Å². The zero-order chi connectivity index (χ0) is 23.0. The molecule has 0 heterocycles. The van der Waals surface area contributed by atoms with Crippen LogP contribution in [0.25, 0.3) is 10.8 Å². The molecule has 0 fully saturated rings. The third-order valence-electron chi connectivity index (χ3n) is 4.23. The van der Waals surface area contributed by atoms with Crippen LogP contribution in [0.1, 0.15) is 0 Å². The molecule has 3 aromatic carbocycles. The van der Waals surface area contributed by atoms with E-state index < -0.39 is 47.2 Å². The first-order chi connectivity index (χ1) is 14.4. The van der Waals surface area contributed by atoms with E-state index in [-0.39, 0.29) is 27.0 Å². The Labute approximate surface area is 175 Å². The zero-order valence-corrected chi connectivity index (χ0v) is 17.1. The number of carbonyl (C=O) groups is 1. The molecule has 0 aromatic heterocycles. The Bertz CT molecular complexity index is 1410. The van der Waals surface area contributed by atoms with Gasteiger partial charge in [0.15, 0.2) is 15.6 Å². The highest BCUT2D eigenvalue weighted by atomic mass is 32.2. The van der Waals surface area contributed by atoms with Gasteiger partial charge in [-0.2, -0.15) is 0 Å². The number of sulfone groups is 1. The van der Waals surface area contributed by atoms with Crippen molar-refractivity contribution in [3.05, 3.63) is 64.7 Å². The normalized spacial score (nSPS) is 11.9. The molecule has 0 saturated heterocycles. The molecule has 0 radical (unpaired) electrons. The van der Waals surface area contributed by atoms with Crippen molar-refractivity contribution < 1.29 is 36.8 Å². The third-order valence-corrected chi connectivity index (χ3v) is 7.22. The summed E-state index contributed by atoms with van der Waals surface area (Å²) in [5.41, 5.74) is -0.549. The first-order valence-corrected chi connectivity index (χ1v) is 11.5. The molecule has 13 heteroatoms. The van der Waals surface area contributed by atoms with E-state index >= 15 is 0 Å². The average Bonchev–Trinajstić information content (AvgIpc) is 2.69. The lowest BCUT2D eigenvalue weighted by atomic mass is 10.1. The molecule has 0 aliphatic rings. The Morgan fingerprint density at radius 2 is 1.58 bits per heavy atom. The molecular weight excluding hydrogens is 452 g/mol. The number of non-ortho nitro benzene ring substituents is 1. The monoisotopic (exact) mass is 466 g/mol. The fourth-order valence-electron chi connectivity index (χ4n) is 2.85. The molecule has 0 aliphatic carbocycles. The summed E-state index contributed by atoms with van der Waals surface area (Å²) in [6.07, 6.45) is 0. The minimum atomic E-state index is -4.50. The number of fused-ring (bicyclic) bond motifs is 1. The van der Waals surface area contributed by atoms with Gasteiger partial charge in [-0.25, -0.2) is 16.8 Å². The van der Waals surface area contributed by atoms with Crippen molar-refractivity contribution in [1.29, 1.82) is 0 Å². The van der Waals surface area contributed by atoms with E-state index in [0.717, 1.165) is 30.3 Å². The Hall–Kier alpha value is -3.71. The van der Waals surface area contributed by atoms with E-state index in [9.17, 15) is 36.9 Å². The smallest absolute Gasteiger partial charge is 0.319 e. The molecule has 0 bridgehead atoms. The highest BCUT2D eigenvalue weighted by Crippen LogP contribution is 2.38. The van der Waals surface area contributed by atoms with Crippen molar-refractivity contribution in [3.8, 4) is 5.75 Å². The number of hydrogen-bond donors (Lipinski definition) is 3. The van der Waals surface area contributed by atoms with Crippen LogP contribution in [-0.2, 0) is 24.7 Å². The number of hydrogen-bond acceptors (Lipinski definition) is 8. The molecule has 3 rings (SSSR count). The average molecular weight is 466 g/mol. The summed E-state index contributed by atoms with van der Waals surface area (Å²) in [6.45, 7) is 0. The quantitative estimate of drug-likeness (QED) is 0.267. The van der Waals surface area contributed by atoms with Crippen molar-refractivity contribution in [1.82, 2.24) is 0 Å². The molecular formula is C18H14N2O9S2. The largest absolute Gasteiger partial charge is 0.506 e. The van der Waals surface area contributed by atoms with E-state index in [2.05, 4.69) is 4.72 Å². The summed E-state index contributed by atoms with van der Waals surface area (Å²) in [5, 5.41) is 30.2. The second kappa shape index (κ2) is 7.85. The number of anilines is 1. The van der Waals surface area contributed by atoms with Gasteiger partial charge in [0.05, 0.1) is 15.5 Å². The van der Waals surface area contributed by atoms with Crippen molar-refractivity contribution >= 4 is 48.0 Å². The maximum Gasteiger partial charge on any atom is 0.319 e. The number of nitrogens with one attached hydrogen (secondary N) is 1. The molecule has 3 aromatic rings. The van der Waals surface area contributed by atoms with E-state index in [4.69, 9.17) is 5.11 Å². The summed E-state index contributed by atoms with van der Waals surface area (Å²) >= 11 is 0. The van der Waals surface area contributed by atoms with E-state index in [0.29, 0.717) is 0 Å². The van der Waals surface area contributed by atoms with Crippen molar-refractivity contribution in [2.75, 3.05) is 10.5 Å². The summed E-state index contributed by atoms with van der Waals surface area (Å²) in [7, 11) is -8.81. The number of sulfonamides is 1. The number of carboxylic acids is 1. The minimum Gasteiger partial charge on any atom is -0.506 e. The fourth-order valence-corrected chi connectivity index (χ4v) is 5.10. The molecule has 0 spiro atoms. The summed E-state index contributed by atoms with van der Waals surface area (Å²) in [4.78, 5) is 19.9. The van der Waals surface area contributed by atoms with Gasteiger partial charge in [0, 0.05) is 22.9 Å². The predicted octanol–water partition coefficient (Wildman–Crippen LogP) is 2.11. The van der Waals surface area contributed by atoms with Crippen LogP contribution < -0.4 is 4.72 Å². The number of aromatic hydroxyl groups is 1. The van der Waals surface area contributed by atoms with Crippen LogP contribution in [0.5, 0.6) is 5.75 Å². The van der Waals surface area contributed by atoms with Crippen molar-refractivity contribution in [2.24, 2.45) is 0 Å². The molecule has 3 N–H and O–H groups in total. The number of phenols is 1. The van der Waals surface area contributed by atoms with Gasteiger partial charge in [0.25, 0.3) is 15.7 Å². The molecule has 0 atom stereocenters. The Kier molecular flexibility index (Phi) is 5.57. The second-order valence-electron chi connectivity index (χ2n) is 6.33. The predicted molar refractivity (Wildman–Crippen MR) is 109 cm³/mol. The number of aliphatic carboxylic acids is 1. The van der Waals surface area contributed by atoms with Crippen LogP contribution in [0.3, 0.4) is 0 Å². The maximum atomic E-state index is 12.8. The van der Waals surface area contributed by atoms with E-state index in [1.54, 1.807) is 0 Å². The second-order valence-corrected chi connectivity index (χ2v) is 9.97. The molecule has 0 saturated carbocycles. The number of benzene rings is 3. The number of phenolic OH excluding ortho intramolecular Hbond substituents is 1. The van der Waals surface area contributed by atoms with Gasteiger partial charge in [0.2, 0.25) is 0 Å². The molecule has 11 nitrogen and oxygen atoms in total. The topological polar surface area (TPSA) is 181 Å². The molecule has 0 unspecified atom stereocenters. The summed E-state index contributed by atoms with van der Waals surface area (Å²) < 4.78 is 52.6. The Morgan fingerprint density at radius 1 is 1.00 bits per heavy atom. The van der Waals surface area contributed by atoms with Gasteiger partial charge >= 0.3 is 5.97 Å². The van der Waals surface area contributed by atoms with Crippen LogP contribution in [0.4, 0.5) is 11.4 Å². The summed E-state index contributed by atoms with van der Waals surface area (Å²) in [5.74, 6) is -3.68. The molecule has 0 aliphatic heterocycles. The standard InChI is InChI=1S/C18H14N2O9S2/c21-17(22)10-30(26,27)16-9-15(13-3-1-2-4-14(13)18(16)23)19-31(28,29)12-7-5-11(6-8-12)20(24)25/h1-9,19,23H,10H2,(H,21,22). The number of nitro benzene ring substituents is 1. The Balaban J connectivity index is 2.16. The van der Waals surface area contributed by atoms with Crippen molar-refractivity contribution in [2.45, 2.75) is 9.79 Å². The highest BCUT2D eigenvalue weighted by molar-refractivity contribution is 7.93. The van der Waals surface area contributed by atoms with Crippen molar-refractivity contribution in [3.63, 3.8) is 0 Å². The first kappa shape index (κ1) is 22.0. The number of nitro groups is 1. The highest BCUT2D eigenvalue weighted by Gasteiger charge is 2.27. The van der Waals surface area contributed by atoms with Gasteiger partial charge < -0.3 is 10.2 Å². The van der Waals surface area contributed by atoms with Crippen LogP contribution >= 0.6 is 0 Å². The van der Waals surface area contributed by atoms with E-state index in [1.807, 2.05) is 0 Å². The van der Waals surface area contributed by atoms with Gasteiger partial charge in [-0.15, -0.1) is 0 Å². The molecule has 0 amide bonds. The summed E-state index contributed by atoms with van der Waals surface area (Å²) in [6, 6.07) is 10.6. The zero-order valence-electron chi connectivity index (χ0n) is 15.4.